The highest BCUT2D eigenvalue weighted by Gasteiger charge is 2.12. The molecular weight excluding hydrogens is 324 g/mol. The van der Waals surface area contributed by atoms with E-state index in [0.717, 1.165) is 0 Å². The highest BCUT2D eigenvalue weighted by molar-refractivity contribution is 9.09. The van der Waals surface area contributed by atoms with Crippen LogP contribution in [0, 0.1) is 0 Å². The lowest BCUT2D eigenvalue weighted by Gasteiger charge is -2.04. The molecule has 0 aliphatic carbocycles. The van der Waals surface area contributed by atoms with E-state index in [1.807, 2.05) is 0 Å². The summed E-state index contributed by atoms with van der Waals surface area (Å²) >= 11 is 2.99. The van der Waals surface area contributed by atoms with Crippen molar-refractivity contribution in [1.82, 2.24) is 0 Å². The third kappa shape index (κ3) is 4.00. The van der Waals surface area contributed by atoms with Crippen molar-refractivity contribution < 1.29 is 13.2 Å². The average molecular weight is 335 g/mol. The Kier molecular flexibility index (Phi) is 4.68. The molecule has 9 heteroatoms. The molecule has 0 saturated heterocycles. The van der Waals surface area contributed by atoms with Gasteiger partial charge in [0.1, 0.15) is 0 Å². The zero-order chi connectivity index (χ0) is 13.8. The van der Waals surface area contributed by atoms with E-state index in [2.05, 4.69) is 25.6 Å². The number of guanidine groups is 1. The van der Waals surface area contributed by atoms with Gasteiger partial charge in [-0.1, -0.05) is 15.9 Å². The first-order valence-corrected chi connectivity index (χ1v) is 7.23. The van der Waals surface area contributed by atoms with Crippen molar-refractivity contribution in [2.45, 2.75) is 4.90 Å². The Morgan fingerprint density at radius 1 is 1.28 bits per heavy atom. The second-order valence-corrected chi connectivity index (χ2v) is 5.36. The molecule has 18 heavy (non-hydrogen) atoms. The molecule has 0 fully saturated rings. The summed E-state index contributed by atoms with van der Waals surface area (Å²) < 4.78 is 26.3. The number of nitrogens with one attached hydrogen (secondary N) is 1. The molecule has 1 rings (SSSR count). The van der Waals surface area contributed by atoms with E-state index in [-0.39, 0.29) is 16.1 Å². The fourth-order valence-corrected chi connectivity index (χ4v) is 2.10. The zero-order valence-corrected chi connectivity index (χ0v) is 11.5. The number of halogens is 1. The van der Waals surface area contributed by atoms with Gasteiger partial charge in [-0.25, -0.2) is 0 Å². The number of hydrogen-bond donors (Lipinski definition) is 3. The molecule has 0 radical (unpaired) electrons. The third-order valence-corrected chi connectivity index (χ3v) is 3.61. The number of sulfonamides is 1. The SMILES string of the molecule is NC(N)=NS(=O)(=O)c1ccc(NC(=O)CBr)cc1. The molecule has 0 atom stereocenters. The maximum absolute atomic E-state index is 11.6. The van der Waals surface area contributed by atoms with Crippen LogP contribution in [0.3, 0.4) is 0 Å². The Labute approximate surface area is 112 Å². The summed E-state index contributed by atoms with van der Waals surface area (Å²) in [4.78, 5) is 11.0. The van der Waals surface area contributed by atoms with Gasteiger partial charge in [-0.3, -0.25) is 4.79 Å². The summed E-state index contributed by atoms with van der Waals surface area (Å²) in [5.41, 5.74) is 10.5. The van der Waals surface area contributed by atoms with Crippen LogP contribution in [0.4, 0.5) is 5.69 Å². The van der Waals surface area contributed by atoms with Gasteiger partial charge in [-0.15, -0.1) is 4.40 Å². The number of carbonyl (C=O) groups excluding carboxylic acids is 1. The largest absolute Gasteiger partial charge is 0.369 e. The van der Waals surface area contributed by atoms with Gasteiger partial charge in [0.2, 0.25) is 11.9 Å². The molecule has 0 aliphatic rings. The first kappa shape index (κ1) is 14.5. The van der Waals surface area contributed by atoms with Crippen LogP contribution in [0.25, 0.3) is 0 Å². The first-order chi connectivity index (χ1) is 8.35. The Morgan fingerprint density at radius 2 is 1.83 bits per heavy atom. The van der Waals surface area contributed by atoms with Crippen molar-refractivity contribution in [1.29, 1.82) is 0 Å². The van der Waals surface area contributed by atoms with Gasteiger partial charge in [0.25, 0.3) is 10.0 Å². The Morgan fingerprint density at radius 3 is 2.28 bits per heavy atom. The number of nitrogens with zero attached hydrogens (tertiary/aromatic N) is 1. The molecule has 0 saturated carbocycles. The van der Waals surface area contributed by atoms with E-state index in [4.69, 9.17) is 11.5 Å². The van der Waals surface area contributed by atoms with E-state index < -0.39 is 16.0 Å². The van der Waals surface area contributed by atoms with E-state index in [1.165, 1.54) is 24.3 Å². The Balaban J connectivity index is 2.96. The van der Waals surface area contributed by atoms with Crippen molar-refractivity contribution in [3.63, 3.8) is 0 Å². The topological polar surface area (TPSA) is 128 Å². The normalized spacial score (nSPS) is 10.7. The van der Waals surface area contributed by atoms with Gasteiger partial charge in [0.05, 0.1) is 10.2 Å². The van der Waals surface area contributed by atoms with Crippen LogP contribution in [-0.2, 0) is 14.8 Å². The molecular formula is C9H11BrN4O3S. The summed E-state index contributed by atoms with van der Waals surface area (Å²) in [5, 5.41) is 2.70. The molecule has 1 amide bonds. The second kappa shape index (κ2) is 5.83. The molecule has 98 valence electrons. The molecule has 5 N–H and O–H groups in total. The van der Waals surface area contributed by atoms with E-state index in [1.54, 1.807) is 0 Å². The average Bonchev–Trinajstić information content (AvgIpc) is 2.28. The number of nitrogens with two attached hydrogens (primary N) is 2. The summed E-state index contributed by atoms with van der Waals surface area (Å²) in [6.07, 6.45) is 0. The van der Waals surface area contributed by atoms with Crippen LogP contribution in [0.5, 0.6) is 0 Å². The highest BCUT2D eigenvalue weighted by atomic mass is 79.9. The summed E-state index contributed by atoms with van der Waals surface area (Å²) in [6.45, 7) is 0. The van der Waals surface area contributed by atoms with Gasteiger partial charge in [0, 0.05) is 5.69 Å². The Bertz CT molecular complexity index is 564. The van der Waals surface area contributed by atoms with Crippen molar-refractivity contribution in [2.24, 2.45) is 15.9 Å². The highest BCUT2D eigenvalue weighted by Crippen LogP contribution is 2.16. The van der Waals surface area contributed by atoms with Crippen molar-refractivity contribution in [3.05, 3.63) is 24.3 Å². The van der Waals surface area contributed by atoms with Crippen LogP contribution in [-0.4, -0.2) is 25.6 Å². The van der Waals surface area contributed by atoms with Gasteiger partial charge in [-0.2, -0.15) is 8.42 Å². The van der Waals surface area contributed by atoms with Gasteiger partial charge >= 0.3 is 0 Å². The van der Waals surface area contributed by atoms with E-state index >= 15 is 0 Å². The number of carbonyl (C=O) groups is 1. The molecule has 0 unspecified atom stereocenters. The number of amides is 1. The van der Waals surface area contributed by atoms with E-state index in [0.29, 0.717) is 5.69 Å². The van der Waals surface area contributed by atoms with E-state index in [9.17, 15) is 13.2 Å². The lowest BCUT2D eigenvalue weighted by molar-refractivity contribution is -0.113. The smallest absolute Gasteiger partial charge is 0.285 e. The lowest BCUT2D eigenvalue weighted by Crippen LogP contribution is -2.24. The number of alkyl halides is 1. The fraction of sp³-hybridized carbons (Fsp3) is 0.111. The van der Waals surface area contributed by atoms with Gasteiger partial charge < -0.3 is 16.8 Å². The molecule has 0 spiro atoms. The molecule has 1 aromatic carbocycles. The number of benzene rings is 1. The maximum Gasteiger partial charge on any atom is 0.285 e. The summed E-state index contributed by atoms with van der Waals surface area (Å²) in [6, 6.07) is 5.47. The lowest BCUT2D eigenvalue weighted by atomic mass is 10.3. The standard InChI is InChI=1S/C9H11BrN4O3S/c10-5-8(15)13-6-1-3-7(4-2-6)18(16,17)14-9(11)12/h1-4H,5H2,(H,13,15)(H4,11,12,14). The van der Waals surface area contributed by atoms with Crippen LogP contribution >= 0.6 is 15.9 Å². The predicted octanol–water partition coefficient (Wildman–Crippen LogP) is -0.0179. The molecule has 0 aromatic heterocycles. The van der Waals surface area contributed by atoms with Gasteiger partial charge in [-0.05, 0) is 24.3 Å². The Hall–Kier alpha value is -1.61. The summed E-state index contributed by atoms with van der Waals surface area (Å²) in [7, 11) is -3.89. The number of hydrogen-bond acceptors (Lipinski definition) is 3. The molecule has 1 aromatic rings. The minimum Gasteiger partial charge on any atom is -0.369 e. The monoisotopic (exact) mass is 334 g/mol. The minimum atomic E-state index is -3.89. The fourth-order valence-electron chi connectivity index (χ4n) is 1.10. The molecule has 7 nitrogen and oxygen atoms in total. The van der Waals surface area contributed by atoms with Crippen LogP contribution in [0.2, 0.25) is 0 Å². The predicted molar refractivity (Wildman–Crippen MR) is 71.9 cm³/mol. The van der Waals surface area contributed by atoms with Crippen LogP contribution in [0.1, 0.15) is 0 Å². The third-order valence-electron chi connectivity index (χ3n) is 1.78. The van der Waals surface area contributed by atoms with Crippen LogP contribution < -0.4 is 16.8 Å². The number of anilines is 1. The maximum atomic E-state index is 11.6. The molecule has 0 bridgehead atoms. The quantitative estimate of drug-likeness (QED) is 0.405. The van der Waals surface area contributed by atoms with Crippen molar-refractivity contribution >= 4 is 43.5 Å². The van der Waals surface area contributed by atoms with Gasteiger partial charge in [0.15, 0.2) is 0 Å². The van der Waals surface area contributed by atoms with Crippen LogP contribution in [0.15, 0.2) is 33.6 Å². The zero-order valence-electron chi connectivity index (χ0n) is 9.13. The first-order valence-electron chi connectivity index (χ1n) is 4.67. The minimum absolute atomic E-state index is 0.0623. The second-order valence-electron chi connectivity index (χ2n) is 3.20. The molecule has 0 heterocycles. The van der Waals surface area contributed by atoms with Crippen molar-refractivity contribution in [2.75, 3.05) is 10.6 Å². The summed E-state index contributed by atoms with van der Waals surface area (Å²) in [5.74, 6) is -0.776. The number of rotatable bonds is 4. The molecule has 0 aliphatic heterocycles. The van der Waals surface area contributed by atoms with Crippen molar-refractivity contribution in [3.8, 4) is 0 Å².